The van der Waals surface area contributed by atoms with E-state index in [2.05, 4.69) is 25.9 Å². The topological polar surface area (TPSA) is 3.24 Å². The average Bonchev–Trinajstić information content (AvgIpc) is 2.01. The van der Waals surface area contributed by atoms with E-state index in [9.17, 15) is 0 Å². The van der Waals surface area contributed by atoms with Gasteiger partial charge in [-0.25, -0.2) is 0 Å². The van der Waals surface area contributed by atoms with Gasteiger partial charge in [-0.15, -0.1) is 24.0 Å². The van der Waals surface area contributed by atoms with E-state index in [0.717, 1.165) is 5.88 Å². The van der Waals surface area contributed by atoms with Crippen molar-refractivity contribution in [1.29, 1.82) is 0 Å². The van der Waals surface area contributed by atoms with Crippen LogP contribution in [0.25, 0.3) is 0 Å². The Kier molecular flexibility index (Phi) is 6.43. The van der Waals surface area contributed by atoms with Crippen molar-refractivity contribution in [2.45, 2.75) is 45.1 Å². The van der Waals surface area contributed by atoms with Crippen molar-refractivity contribution in [2.24, 2.45) is 5.41 Å². The van der Waals surface area contributed by atoms with Crippen LogP contribution in [0.5, 0.6) is 0 Å². The zero-order chi connectivity index (χ0) is 9.90. The van der Waals surface area contributed by atoms with Gasteiger partial charge in [0.2, 0.25) is 0 Å². The molecule has 1 fully saturated rings. The van der Waals surface area contributed by atoms with E-state index in [1.165, 1.54) is 32.1 Å². The van der Waals surface area contributed by atoms with Crippen LogP contribution >= 0.6 is 24.0 Å². The SMILES string of the molecule is CCCC(N(C)C)C1(CCl)CCC1.Cl. The predicted octanol–water partition coefficient (Wildman–Crippen LogP) is 3.55. The van der Waals surface area contributed by atoms with E-state index in [1.54, 1.807) is 0 Å². The van der Waals surface area contributed by atoms with Crippen LogP contribution in [0.4, 0.5) is 0 Å². The van der Waals surface area contributed by atoms with E-state index in [4.69, 9.17) is 11.6 Å². The van der Waals surface area contributed by atoms with Crippen LogP contribution in [0.15, 0.2) is 0 Å². The van der Waals surface area contributed by atoms with Crippen LogP contribution in [0.2, 0.25) is 0 Å². The first kappa shape index (κ1) is 14.5. The molecule has 1 atom stereocenters. The minimum Gasteiger partial charge on any atom is -0.306 e. The third-order valence-electron chi connectivity index (χ3n) is 3.51. The highest BCUT2D eigenvalue weighted by Crippen LogP contribution is 2.47. The van der Waals surface area contributed by atoms with Crippen molar-refractivity contribution in [3.8, 4) is 0 Å². The lowest BCUT2D eigenvalue weighted by molar-refractivity contribution is 0.0371. The van der Waals surface area contributed by atoms with Gasteiger partial charge in [-0.05, 0) is 38.8 Å². The second-order valence-corrected chi connectivity index (χ2v) is 4.88. The predicted molar refractivity (Wildman–Crippen MR) is 66.6 cm³/mol. The van der Waals surface area contributed by atoms with E-state index in [0.29, 0.717) is 11.5 Å². The van der Waals surface area contributed by atoms with Gasteiger partial charge in [0, 0.05) is 11.9 Å². The van der Waals surface area contributed by atoms with E-state index in [1.807, 2.05) is 0 Å². The second-order valence-electron chi connectivity index (χ2n) is 4.62. The number of halogens is 2. The Balaban J connectivity index is 0.00000169. The summed E-state index contributed by atoms with van der Waals surface area (Å²) in [4.78, 5) is 2.37. The molecule has 3 heteroatoms. The molecule has 0 bridgehead atoms. The average molecular weight is 240 g/mol. The van der Waals surface area contributed by atoms with Crippen molar-refractivity contribution in [1.82, 2.24) is 4.90 Å². The molecule has 0 amide bonds. The quantitative estimate of drug-likeness (QED) is 0.664. The maximum atomic E-state index is 6.11. The highest BCUT2D eigenvalue weighted by atomic mass is 35.5. The minimum absolute atomic E-state index is 0. The van der Waals surface area contributed by atoms with Crippen LogP contribution in [-0.2, 0) is 0 Å². The Bertz CT molecular complexity index is 150. The molecular weight excluding hydrogens is 217 g/mol. The van der Waals surface area contributed by atoms with Crippen molar-refractivity contribution < 1.29 is 0 Å². The first-order valence-electron chi connectivity index (χ1n) is 5.38. The summed E-state index contributed by atoms with van der Waals surface area (Å²) >= 11 is 6.11. The van der Waals surface area contributed by atoms with E-state index >= 15 is 0 Å². The second kappa shape index (κ2) is 6.19. The Labute approximate surface area is 99.6 Å². The van der Waals surface area contributed by atoms with Crippen LogP contribution in [-0.4, -0.2) is 30.9 Å². The molecule has 1 nitrogen and oxygen atoms in total. The molecule has 14 heavy (non-hydrogen) atoms. The summed E-state index contributed by atoms with van der Waals surface area (Å²) in [5.74, 6) is 0.843. The van der Waals surface area contributed by atoms with Gasteiger partial charge in [0.1, 0.15) is 0 Å². The molecule has 0 saturated heterocycles. The molecule has 0 radical (unpaired) electrons. The van der Waals surface area contributed by atoms with Crippen molar-refractivity contribution in [2.75, 3.05) is 20.0 Å². The van der Waals surface area contributed by atoms with Gasteiger partial charge in [0.15, 0.2) is 0 Å². The van der Waals surface area contributed by atoms with Crippen molar-refractivity contribution >= 4 is 24.0 Å². The Morgan fingerprint density at radius 2 is 1.93 bits per heavy atom. The molecule has 1 rings (SSSR count). The van der Waals surface area contributed by atoms with Crippen molar-refractivity contribution in [3.63, 3.8) is 0 Å². The van der Waals surface area contributed by atoms with E-state index < -0.39 is 0 Å². The zero-order valence-electron chi connectivity index (χ0n) is 9.55. The van der Waals surface area contributed by atoms with E-state index in [-0.39, 0.29) is 12.4 Å². The maximum absolute atomic E-state index is 6.11. The molecule has 0 aromatic heterocycles. The third-order valence-corrected chi connectivity index (χ3v) is 4.04. The molecule has 1 unspecified atom stereocenters. The monoisotopic (exact) mass is 239 g/mol. The van der Waals surface area contributed by atoms with Crippen molar-refractivity contribution in [3.05, 3.63) is 0 Å². The first-order chi connectivity index (χ1) is 6.16. The number of hydrogen-bond acceptors (Lipinski definition) is 1. The summed E-state index contributed by atoms with van der Waals surface area (Å²) in [5, 5.41) is 0. The van der Waals surface area contributed by atoms with Crippen LogP contribution in [0, 0.1) is 5.41 Å². The summed E-state index contributed by atoms with van der Waals surface area (Å²) in [5.41, 5.74) is 0.446. The normalized spacial score (nSPS) is 21.2. The number of alkyl halides is 1. The summed E-state index contributed by atoms with van der Waals surface area (Å²) < 4.78 is 0. The molecule has 1 aliphatic carbocycles. The summed E-state index contributed by atoms with van der Waals surface area (Å²) in [7, 11) is 4.37. The number of nitrogens with zero attached hydrogens (tertiary/aromatic N) is 1. The molecule has 0 heterocycles. The fourth-order valence-corrected chi connectivity index (χ4v) is 3.02. The van der Waals surface area contributed by atoms with Crippen LogP contribution < -0.4 is 0 Å². The Morgan fingerprint density at radius 1 is 1.36 bits per heavy atom. The molecule has 0 aliphatic heterocycles. The number of rotatable bonds is 5. The van der Waals surface area contributed by atoms with Gasteiger partial charge in [-0.1, -0.05) is 19.8 Å². The molecule has 1 saturated carbocycles. The largest absolute Gasteiger partial charge is 0.306 e. The molecule has 86 valence electrons. The lowest BCUT2D eigenvalue weighted by Crippen LogP contribution is -2.50. The standard InChI is InChI=1S/C11H22ClN.ClH/c1-4-6-10(13(2)3)11(9-12)7-5-8-11;/h10H,4-9H2,1-3H3;1H. The van der Waals surface area contributed by atoms with Gasteiger partial charge in [-0.2, -0.15) is 0 Å². The first-order valence-corrected chi connectivity index (χ1v) is 5.92. The fraction of sp³-hybridized carbons (Fsp3) is 1.00. The lowest BCUT2D eigenvalue weighted by Gasteiger charge is -2.49. The Morgan fingerprint density at radius 3 is 2.14 bits per heavy atom. The minimum atomic E-state index is 0. The molecule has 1 aliphatic rings. The van der Waals surface area contributed by atoms with Gasteiger partial charge < -0.3 is 4.90 Å². The molecule has 0 spiro atoms. The molecule has 0 N–H and O–H groups in total. The molecular formula is C11H23Cl2N. The summed E-state index contributed by atoms with van der Waals surface area (Å²) in [6.07, 6.45) is 6.60. The van der Waals surface area contributed by atoms with Gasteiger partial charge in [0.05, 0.1) is 0 Å². The van der Waals surface area contributed by atoms with Gasteiger partial charge >= 0.3 is 0 Å². The molecule has 0 aromatic carbocycles. The maximum Gasteiger partial charge on any atom is 0.0294 e. The number of hydrogen-bond donors (Lipinski definition) is 0. The fourth-order valence-electron chi connectivity index (χ4n) is 2.57. The summed E-state index contributed by atoms with van der Waals surface area (Å²) in [6, 6.07) is 0.698. The summed E-state index contributed by atoms with van der Waals surface area (Å²) in [6.45, 7) is 2.26. The van der Waals surface area contributed by atoms with Crippen LogP contribution in [0.1, 0.15) is 39.0 Å². The molecule has 0 aromatic rings. The smallest absolute Gasteiger partial charge is 0.0294 e. The van der Waals surface area contributed by atoms with Crippen LogP contribution in [0.3, 0.4) is 0 Å². The highest BCUT2D eigenvalue weighted by molar-refractivity contribution is 6.18. The van der Waals surface area contributed by atoms with Gasteiger partial charge in [-0.3, -0.25) is 0 Å². The Hall–Kier alpha value is 0.540. The zero-order valence-corrected chi connectivity index (χ0v) is 11.1. The van der Waals surface area contributed by atoms with Gasteiger partial charge in [0.25, 0.3) is 0 Å². The third kappa shape index (κ3) is 2.77. The lowest BCUT2D eigenvalue weighted by atomic mass is 9.64. The highest BCUT2D eigenvalue weighted by Gasteiger charge is 2.43.